The fourth-order valence-corrected chi connectivity index (χ4v) is 7.77. The molecule has 0 amide bonds. The van der Waals surface area contributed by atoms with Crippen molar-refractivity contribution in [3.63, 3.8) is 0 Å². The number of aromatic nitrogens is 4. The van der Waals surface area contributed by atoms with Gasteiger partial charge >= 0.3 is 0 Å². The number of hydrogen-bond donors (Lipinski definition) is 0. The molecule has 0 aliphatic carbocycles. The van der Waals surface area contributed by atoms with Crippen LogP contribution in [0.25, 0.3) is 94.1 Å². The Morgan fingerprint density at radius 1 is 0.438 bits per heavy atom. The van der Waals surface area contributed by atoms with Gasteiger partial charge in [-0.25, -0.2) is 4.98 Å². The van der Waals surface area contributed by atoms with Crippen molar-refractivity contribution in [2.75, 3.05) is 0 Å². The minimum absolute atomic E-state index is 0.862. The molecule has 0 saturated heterocycles. The molecule has 4 heterocycles. The van der Waals surface area contributed by atoms with E-state index in [-0.39, 0.29) is 0 Å². The molecule has 4 aromatic heterocycles. The Morgan fingerprint density at radius 2 is 1.08 bits per heavy atom. The SMILES string of the molecule is c1cc(-c2cccc3c2oc2ccc(-n4c5ccccc5n5c6ccccc6nc45)cc23)cc(-n2c3ccccc3c3ccccc32)c1. The van der Waals surface area contributed by atoms with Gasteiger partial charge in [0.1, 0.15) is 11.2 Å². The number of furan rings is 1. The first-order chi connectivity index (χ1) is 23.8. The summed E-state index contributed by atoms with van der Waals surface area (Å²) in [5, 5.41) is 4.68. The largest absolute Gasteiger partial charge is 0.455 e. The quantitative estimate of drug-likeness (QED) is 0.199. The highest BCUT2D eigenvalue weighted by Crippen LogP contribution is 2.39. The summed E-state index contributed by atoms with van der Waals surface area (Å²) in [5.74, 6) is 0.895. The van der Waals surface area contributed by atoms with E-state index in [1.807, 2.05) is 6.07 Å². The highest BCUT2D eigenvalue weighted by Gasteiger charge is 2.19. The van der Waals surface area contributed by atoms with Crippen LogP contribution in [0.5, 0.6) is 0 Å². The van der Waals surface area contributed by atoms with Crippen molar-refractivity contribution < 1.29 is 4.42 Å². The summed E-state index contributed by atoms with van der Waals surface area (Å²) >= 11 is 0. The highest BCUT2D eigenvalue weighted by molar-refractivity contribution is 6.11. The smallest absolute Gasteiger partial charge is 0.220 e. The van der Waals surface area contributed by atoms with Crippen LogP contribution in [0.15, 0.2) is 162 Å². The standard InChI is InChI=1S/C43H26N4O/c1-4-18-36-31(13-1)32-14-2-5-19-37(32)45(36)28-12-9-11-27(25-28)30-15-10-16-33-34-26-29(23-24-41(34)48-42(30)33)46-39-21-7-8-22-40(39)47-38-20-6-3-17-35(38)44-43(46)47/h1-26H. The van der Waals surface area contributed by atoms with E-state index in [9.17, 15) is 0 Å². The van der Waals surface area contributed by atoms with Crippen LogP contribution in [0.3, 0.4) is 0 Å². The average molecular weight is 615 g/mol. The molecule has 11 aromatic rings. The molecule has 5 nitrogen and oxygen atoms in total. The molecule has 0 spiro atoms. The first kappa shape index (κ1) is 25.6. The molecule has 0 N–H and O–H groups in total. The molecule has 11 rings (SSSR count). The first-order valence-electron chi connectivity index (χ1n) is 16.2. The Balaban J connectivity index is 1.11. The number of hydrogen-bond acceptors (Lipinski definition) is 2. The van der Waals surface area contributed by atoms with E-state index in [0.717, 1.165) is 72.3 Å². The molecule has 0 fully saturated rings. The number of fused-ring (bicyclic) bond motifs is 11. The Morgan fingerprint density at radius 3 is 1.90 bits per heavy atom. The van der Waals surface area contributed by atoms with Crippen molar-refractivity contribution in [3.05, 3.63) is 158 Å². The third-order valence-corrected chi connectivity index (χ3v) is 9.84. The van der Waals surface area contributed by atoms with Gasteiger partial charge in [0.25, 0.3) is 0 Å². The van der Waals surface area contributed by atoms with Crippen LogP contribution in [0.4, 0.5) is 0 Å². The Hall–Kier alpha value is -6.59. The van der Waals surface area contributed by atoms with E-state index < -0.39 is 0 Å². The van der Waals surface area contributed by atoms with Crippen molar-refractivity contribution in [2.45, 2.75) is 0 Å². The van der Waals surface area contributed by atoms with Crippen molar-refractivity contribution in [1.82, 2.24) is 18.5 Å². The maximum atomic E-state index is 6.67. The van der Waals surface area contributed by atoms with Gasteiger partial charge < -0.3 is 8.98 Å². The molecule has 0 aliphatic heterocycles. The van der Waals surface area contributed by atoms with Gasteiger partial charge in [0, 0.05) is 32.8 Å². The van der Waals surface area contributed by atoms with E-state index in [0.29, 0.717) is 0 Å². The summed E-state index contributed by atoms with van der Waals surface area (Å²) in [6, 6.07) is 55.8. The van der Waals surface area contributed by atoms with Crippen molar-refractivity contribution in [2.24, 2.45) is 0 Å². The van der Waals surface area contributed by atoms with Gasteiger partial charge in [-0.2, -0.15) is 0 Å². The zero-order valence-corrected chi connectivity index (χ0v) is 25.7. The summed E-state index contributed by atoms with van der Waals surface area (Å²) in [7, 11) is 0. The molecule has 0 aliphatic rings. The second kappa shape index (κ2) is 9.47. The van der Waals surface area contributed by atoms with E-state index in [1.54, 1.807) is 0 Å². The number of imidazole rings is 2. The topological polar surface area (TPSA) is 40.3 Å². The molecule has 7 aromatic carbocycles. The lowest BCUT2D eigenvalue weighted by Gasteiger charge is -2.10. The lowest BCUT2D eigenvalue weighted by Crippen LogP contribution is -1.94. The van der Waals surface area contributed by atoms with Gasteiger partial charge in [-0.1, -0.05) is 91.0 Å². The van der Waals surface area contributed by atoms with Gasteiger partial charge in [-0.05, 0) is 72.3 Å². The van der Waals surface area contributed by atoms with Crippen LogP contribution in [-0.4, -0.2) is 18.5 Å². The molecular formula is C43H26N4O. The van der Waals surface area contributed by atoms with Gasteiger partial charge in [0.05, 0.1) is 38.8 Å². The van der Waals surface area contributed by atoms with Crippen molar-refractivity contribution >= 4 is 71.6 Å². The Labute approximate surface area is 274 Å². The lowest BCUT2D eigenvalue weighted by atomic mass is 10.0. The van der Waals surface area contributed by atoms with E-state index in [1.165, 1.54) is 21.8 Å². The molecule has 5 heteroatoms. The molecule has 48 heavy (non-hydrogen) atoms. The van der Waals surface area contributed by atoms with Crippen LogP contribution in [0.2, 0.25) is 0 Å². The monoisotopic (exact) mass is 614 g/mol. The van der Waals surface area contributed by atoms with Crippen LogP contribution >= 0.6 is 0 Å². The number of rotatable bonds is 3. The molecule has 0 radical (unpaired) electrons. The van der Waals surface area contributed by atoms with Crippen LogP contribution in [-0.2, 0) is 0 Å². The van der Waals surface area contributed by atoms with E-state index in [2.05, 4.69) is 165 Å². The van der Waals surface area contributed by atoms with Crippen LogP contribution in [0.1, 0.15) is 0 Å². The fourth-order valence-electron chi connectivity index (χ4n) is 7.77. The summed E-state index contributed by atoms with van der Waals surface area (Å²) in [6.45, 7) is 0. The fraction of sp³-hybridized carbons (Fsp3) is 0. The third-order valence-electron chi connectivity index (χ3n) is 9.84. The second-order valence-corrected chi connectivity index (χ2v) is 12.4. The second-order valence-electron chi connectivity index (χ2n) is 12.4. The molecule has 0 atom stereocenters. The number of para-hydroxylation sites is 7. The van der Waals surface area contributed by atoms with Gasteiger partial charge in [-0.3, -0.25) is 8.97 Å². The zero-order valence-electron chi connectivity index (χ0n) is 25.7. The molecule has 224 valence electrons. The van der Waals surface area contributed by atoms with Gasteiger partial charge in [0.2, 0.25) is 5.78 Å². The predicted molar refractivity (Wildman–Crippen MR) is 197 cm³/mol. The minimum Gasteiger partial charge on any atom is -0.455 e. The minimum atomic E-state index is 0.862. The maximum absolute atomic E-state index is 6.67. The summed E-state index contributed by atoms with van der Waals surface area (Å²) in [5.41, 5.74) is 12.8. The van der Waals surface area contributed by atoms with Crippen molar-refractivity contribution in [3.8, 4) is 22.5 Å². The molecular weight excluding hydrogens is 589 g/mol. The maximum Gasteiger partial charge on any atom is 0.220 e. The average Bonchev–Trinajstić information content (AvgIpc) is 3.88. The zero-order chi connectivity index (χ0) is 31.3. The van der Waals surface area contributed by atoms with E-state index in [4.69, 9.17) is 9.40 Å². The molecule has 0 unspecified atom stereocenters. The number of nitrogens with zero attached hydrogens (tertiary/aromatic N) is 4. The molecule has 0 saturated carbocycles. The van der Waals surface area contributed by atoms with Crippen molar-refractivity contribution in [1.29, 1.82) is 0 Å². The lowest BCUT2D eigenvalue weighted by molar-refractivity contribution is 0.670. The Kier molecular flexibility index (Phi) is 5.05. The Bertz CT molecular complexity index is 3030. The normalized spacial score (nSPS) is 12.2. The van der Waals surface area contributed by atoms with Crippen LogP contribution < -0.4 is 0 Å². The molecule has 0 bridgehead atoms. The van der Waals surface area contributed by atoms with Crippen LogP contribution in [0, 0.1) is 0 Å². The van der Waals surface area contributed by atoms with Gasteiger partial charge in [-0.15, -0.1) is 0 Å². The predicted octanol–water partition coefficient (Wildman–Crippen LogP) is 11.1. The van der Waals surface area contributed by atoms with E-state index >= 15 is 0 Å². The van der Waals surface area contributed by atoms with Gasteiger partial charge in [0.15, 0.2) is 0 Å². The third kappa shape index (κ3) is 3.42. The summed E-state index contributed by atoms with van der Waals surface area (Å²) in [4.78, 5) is 5.08. The highest BCUT2D eigenvalue weighted by atomic mass is 16.3. The number of benzene rings is 7. The first-order valence-corrected chi connectivity index (χ1v) is 16.2. The summed E-state index contributed by atoms with van der Waals surface area (Å²) in [6.07, 6.45) is 0. The summed E-state index contributed by atoms with van der Waals surface area (Å²) < 4.78 is 13.5.